The molecule has 0 rings (SSSR count). The largest absolute Gasteiger partial charge is 0.756 e. The molecular formula is C48H92NO7P. The molecule has 336 valence electrons. The number of hydrogen-bond acceptors (Lipinski definition) is 7. The highest BCUT2D eigenvalue weighted by atomic mass is 31.2. The van der Waals surface area contributed by atoms with E-state index in [1.54, 1.807) is 6.26 Å². The lowest BCUT2D eigenvalue weighted by Gasteiger charge is -2.28. The lowest BCUT2D eigenvalue weighted by molar-refractivity contribution is -0.870. The van der Waals surface area contributed by atoms with E-state index in [9.17, 15) is 14.3 Å². The van der Waals surface area contributed by atoms with Gasteiger partial charge >= 0.3 is 5.97 Å². The van der Waals surface area contributed by atoms with E-state index in [0.29, 0.717) is 17.4 Å². The number of carbonyl (C=O) groups is 1. The number of unbranched alkanes of at least 4 members (excludes halogenated alkanes) is 26. The Morgan fingerprint density at radius 2 is 0.930 bits per heavy atom. The molecule has 0 amide bonds. The first kappa shape index (κ1) is 55.6. The number of nitrogens with zero attached hydrogens (tertiary/aromatic N) is 1. The molecule has 0 N–H and O–H groups in total. The van der Waals surface area contributed by atoms with Crippen LogP contribution in [0.15, 0.2) is 36.6 Å². The summed E-state index contributed by atoms with van der Waals surface area (Å²) < 4.78 is 34.4. The van der Waals surface area contributed by atoms with Gasteiger partial charge in [0.1, 0.15) is 19.8 Å². The summed E-state index contributed by atoms with van der Waals surface area (Å²) in [6, 6.07) is 0. The molecule has 57 heavy (non-hydrogen) atoms. The number of hydrogen-bond donors (Lipinski definition) is 0. The molecule has 0 fully saturated rings. The van der Waals surface area contributed by atoms with Gasteiger partial charge in [-0.15, -0.1) is 0 Å². The quantitative estimate of drug-likeness (QED) is 0.0151. The molecule has 0 aromatic carbocycles. The summed E-state index contributed by atoms with van der Waals surface area (Å²) in [5.74, 6) is -0.360. The van der Waals surface area contributed by atoms with Crippen LogP contribution >= 0.6 is 7.82 Å². The maximum Gasteiger partial charge on any atom is 0.306 e. The van der Waals surface area contributed by atoms with Gasteiger partial charge in [0.05, 0.1) is 34.0 Å². The first-order valence-corrected chi connectivity index (χ1v) is 25.2. The molecule has 9 heteroatoms. The first-order chi connectivity index (χ1) is 27.6. The monoisotopic (exact) mass is 826 g/mol. The lowest BCUT2D eigenvalue weighted by Crippen LogP contribution is -2.37. The van der Waals surface area contributed by atoms with Crippen molar-refractivity contribution in [2.75, 3.05) is 47.5 Å². The minimum absolute atomic E-state index is 0.0148. The van der Waals surface area contributed by atoms with Gasteiger partial charge in [-0.3, -0.25) is 9.36 Å². The average Bonchev–Trinajstić information content (AvgIpc) is 3.16. The number of likely N-dealkylation sites (N-methyl/N-ethyl adjacent to an activating group) is 1. The zero-order valence-corrected chi connectivity index (χ0v) is 38.9. The highest BCUT2D eigenvalue weighted by Gasteiger charge is 2.20. The molecule has 0 aliphatic heterocycles. The van der Waals surface area contributed by atoms with E-state index >= 15 is 0 Å². The molecule has 0 aromatic heterocycles. The fourth-order valence-electron chi connectivity index (χ4n) is 6.50. The Morgan fingerprint density at radius 3 is 1.35 bits per heavy atom. The molecule has 0 saturated carbocycles. The van der Waals surface area contributed by atoms with Crippen LogP contribution in [0.1, 0.15) is 213 Å². The highest BCUT2D eigenvalue weighted by molar-refractivity contribution is 7.45. The highest BCUT2D eigenvalue weighted by Crippen LogP contribution is 2.38. The topological polar surface area (TPSA) is 94.1 Å². The normalized spacial score (nSPS) is 13.9. The third-order valence-corrected chi connectivity index (χ3v) is 11.2. The van der Waals surface area contributed by atoms with E-state index in [1.807, 2.05) is 27.2 Å². The van der Waals surface area contributed by atoms with Crippen LogP contribution in [0.25, 0.3) is 0 Å². The Kier molecular flexibility index (Phi) is 40.3. The SMILES string of the molecule is CCCCCCCC/C=C\CCCCCC/C=C\OC[C@H](COP(=O)([O-])OCC[N+](C)(C)C)OC(=O)CCCCCCCCCCC/C=C\CCCCCCCC. The summed E-state index contributed by atoms with van der Waals surface area (Å²) >= 11 is 0. The van der Waals surface area contributed by atoms with Crippen LogP contribution in [0.3, 0.4) is 0 Å². The molecule has 0 aliphatic carbocycles. The second-order valence-corrected chi connectivity index (χ2v) is 18.6. The number of carbonyl (C=O) groups excluding carboxylic acids is 1. The van der Waals surface area contributed by atoms with Gasteiger partial charge in [-0.1, -0.05) is 160 Å². The van der Waals surface area contributed by atoms with Crippen LogP contribution in [0.2, 0.25) is 0 Å². The van der Waals surface area contributed by atoms with E-state index in [1.165, 1.54) is 154 Å². The van der Waals surface area contributed by atoms with Crippen LogP contribution in [0.4, 0.5) is 0 Å². The molecular weight excluding hydrogens is 734 g/mol. The third-order valence-electron chi connectivity index (χ3n) is 10.2. The molecule has 0 bridgehead atoms. The predicted molar refractivity (Wildman–Crippen MR) is 240 cm³/mol. The summed E-state index contributed by atoms with van der Waals surface area (Å²) in [5.41, 5.74) is 0. The van der Waals surface area contributed by atoms with Gasteiger partial charge in [-0.25, -0.2) is 0 Å². The Bertz CT molecular complexity index is 1010. The van der Waals surface area contributed by atoms with Crippen LogP contribution in [-0.2, 0) is 27.9 Å². The Morgan fingerprint density at radius 1 is 0.544 bits per heavy atom. The molecule has 0 saturated heterocycles. The van der Waals surface area contributed by atoms with Gasteiger partial charge in [0.2, 0.25) is 0 Å². The van der Waals surface area contributed by atoms with Crippen molar-refractivity contribution in [2.24, 2.45) is 0 Å². The van der Waals surface area contributed by atoms with Crippen LogP contribution < -0.4 is 4.89 Å². The third kappa shape index (κ3) is 45.5. The van der Waals surface area contributed by atoms with Gasteiger partial charge in [-0.05, 0) is 76.7 Å². The van der Waals surface area contributed by atoms with Gasteiger partial charge < -0.3 is 27.9 Å². The van der Waals surface area contributed by atoms with E-state index < -0.39 is 13.9 Å². The van der Waals surface area contributed by atoms with Crippen molar-refractivity contribution in [3.63, 3.8) is 0 Å². The number of rotatable bonds is 44. The summed E-state index contributed by atoms with van der Waals surface area (Å²) in [7, 11) is 1.32. The summed E-state index contributed by atoms with van der Waals surface area (Å²) in [5, 5.41) is 0. The molecule has 8 nitrogen and oxygen atoms in total. The van der Waals surface area contributed by atoms with E-state index in [4.69, 9.17) is 18.5 Å². The number of esters is 1. The number of phosphoric acid groups is 1. The molecule has 0 aliphatic rings. The Labute approximate surface area is 353 Å². The fourth-order valence-corrected chi connectivity index (χ4v) is 7.23. The van der Waals surface area contributed by atoms with Crippen molar-refractivity contribution >= 4 is 13.8 Å². The second kappa shape index (κ2) is 41.3. The molecule has 2 atom stereocenters. The number of phosphoric ester groups is 1. The second-order valence-electron chi connectivity index (χ2n) is 17.2. The standard InChI is InChI=1S/C48H92NO7P/c1-6-8-10-12-14-16-18-20-22-24-25-26-27-29-31-33-35-37-39-41-48(50)56-47(46-55-57(51,52)54-44-42-49(3,4)5)45-53-43-40-38-36-34-32-30-28-23-21-19-17-15-13-11-9-7-2/h20-23,40,43,47H,6-19,24-39,41-42,44-46H2,1-5H3/b22-20-,23-21-,43-40-/t47-/m1/s1. The Hall–Kier alpha value is -1.44. The fraction of sp³-hybridized carbons (Fsp3) is 0.854. The van der Waals surface area contributed by atoms with Crippen LogP contribution in [-0.4, -0.2) is 64.1 Å². The van der Waals surface area contributed by atoms with Gasteiger partial charge in [0.25, 0.3) is 7.82 Å². The van der Waals surface area contributed by atoms with Crippen LogP contribution in [0, 0.1) is 0 Å². The molecule has 0 heterocycles. The lowest BCUT2D eigenvalue weighted by atomic mass is 10.1. The van der Waals surface area contributed by atoms with Gasteiger partial charge in [0, 0.05) is 6.42 Å². The molecule has 1 unspecified atom stereocenters. The Balaban J connectivity index is 4.24. The number of allylic oxidation sites excluding steroid dienone is 5. The average molecular weight is 826 g/mol. The van der Waals surface area contributed by atoms with Crippen molar-refractivity contribution in [1.29, 1.82) is 0 Å². The number of ether oxygens (including phenoxy) is 2. The number of quaternary nitrogens is 1. The minimum Gasteiger partial charge on any atom is -0.756 e. The molecule has 0 spiro atoms. The zero-order chi connectivity index (χ0) is 42.0. The van der Waals surface area contributed by atoms with Gasteiger partial charge in [-0.2, -0.15) is 0 Å². The van der Waals surface area contributed by atoms with E-state index in [-0.39, 0.29) is 25.8 Å². The first-order valence-electron chi connectivity index (χ1n) is 23.8. The smallest absolute Gasteiger partial charge is 0.306 e. The minimum atomic E-state index is -4.54. The van der Waals surface area contributed by atoms with Crippen molar-refractivity contribution in [3.8, 4) is 0 Å². The maximum atomic E-state index is 12.7. The summed E-state index contributed by atoms with van der Waals surface area (Å²) in [6.45, 7) is 4.73. The van der Waals surface area contributed by atoms with Gasteiger partial charge in [0.15, 0.2) is 6.10 Å². The zero-order valence-electron chi connectivity index (χ0n) is 38.0. The van der Waals surface area contributed by atoms with Crippen LogP contribution in [0.5, 0.6) is 0 Å². The molecule has 0 radical (unpaired) electrons. The van der Waals surface area contributed by atoms with E-state index in [0.717, 1.165) is 38.5 Å². The maximum absolute atomic E-state index is 12.7. The van der Waals surface area contributed by atoms with Crippen molar-refractivity contribution in [2.45, 2.75) is 219 Å². The molecule has 0 aromatic rings. The van der Waals surface area contributed by atoms with Crippen molar-refractivity contribution < 1.29 is 37.3 Å². The summed E-state index contributed by atoms with van der Waals surface area (Å²) in [4.78, 5) is 25.1. The van der Waals surface area contributed by atoms with Crippen molar-refractivity contribution in [3.05, 3.63) is 36.6 Å². The van der Waals surface area contributed by atoms with E-state index in [2.05, 4.69) is 38.2 Å². The predicted octanol–water partition coefficient (Wildman–Crippen LogP) is 13.9. The summed E-state index contributed by atoms with van der Waals surface area (Å²) in [6.07, 6.45) is 49.6. The van der Waals surface area contributed by atoms with Crippen molar-refractivity contribution in [1.82, 2.24) is 0 Å².